The molecule has 1 aliphatic rings. The van der Waals surface area contributed by atoms with Crippen molar-refractivity contribution in [3.63, 3.8) is 0 Å². The van der Waals surface area contributed by atoms with Gasteiger partial charge in [0.15, 0.2) is 0 Å². The van der Waals surface area contributed by atoms with Gasteiger partial charge in [-0.1, -0.05) is 91.0 Å². The molecular formula is C51H58N8O18P4. The molecule has 0 aromatic heterocycles. The molecule has 0 saturated heterocycles. The molecule has 30 heteroatoms. The molecule has 0 radical (unpaired) electrons. The van der Waals surface area contributed by atoms with Crippen LogP contribution in [0.2, 0.25) is 0 Å². The highest BCUT2D eigenvalue weighted by Crippen LogP contribution is 2.65. The van der Waals surface area contributed by atoms with Gasteiger partial charge in [-0.25, -0.2) is 18.3 Å². The van der Waals surface area contributed by atoms with Crippen molar-refractivity contribution in [3.8, 4) is 48.6 Å². The lowest BCUT2D eigenvalue weighted by atomic mass is 9.71. The highest BCUT2D eigenvalue weighted by atomic mass is 31.2. The van der Waals surface area contributed by atoms with Crippen LogP contribution in [-0.2, 0) is 102 Å². The predicted molar refractivity (Wildman–Crippen MR) is 279 cm³/mol. The van der Waals surface area contributed by atoms with Crippen molar-refractivity contribution in [3.05, 3.63) is 108 Å². The summed E-state index contributed by atoms with van der Waals surface area (Å²) >= 11 is 0. The zero-order valence-corrected chi connectivity index (χ0v) is 47.3. The van der Waals surface area contributed by atoms with E-state index in [0.29, 0.717) is 11.1 Å². The second-order valence-electron chi connectivity index (χ2n) is 16.6. The molecule has 1 saturated carbocycles. The molecule has 0 amide bonds. The fourth-order valence-corrected chi connectivity index (χ4v) is 13.1. The van der Waals surface area contributed by atoms with Gasteiger partial charge < -0.3 is 9.47 Å². The van der Waals surface area contributed by atoms with Gasteiger partial charge in [-0.15, -0.1) is 0 Å². The Hall–Kier alpha value is -6.06. The molecule has 2 unspecified atom stereocenters. The molecule has 0 spiro atoms. The molecular weight excluding hydrogens is 1140 g/mol. The second kappa shape index (κ2) is 36.4. The van der Waals surface area contributed by atoms with E-state index in [1.54, 1.807) is 78.9 Å². The minimum absolute atomic E-state index is 0.199. The summed E-state index contributed by atoms with van der Waals surface area (Å²) in [5.74, 6) is 0. The van der Waals surface area contributed by atoms with Gasteiger partial charge in [-0.2, -0.15) is 42.1 Å². The summed E-state index contributed by atoms with van der Waals surface area (Å²) in [6.45, 7) is -6.25. The third-order valence-electron chi connectivity index (χ3n) is 10.8. The molecule has 430 valence electrons. The fraction of sp³-hybridized carbons (Fsp3) is 0.490. The Labute approximate surface area is 470 Å². The first-order valence-electron chi connectivity index (χ1n) is 24.9. The van der Waals surface area contributed by atoms with Crippen molar-refractivity contribution in [1.82, 2.24) is 0 Å². The zero-order chi connectivity index (χ0) is 58.7. The molecule has 3 aromatic carbocycles. The first kappa shape index (κ1) is 67.4. The molecule has 0 aliphatic heterocycles. The maximum atomic E-state index is 15.8. The Kier molecular flexibility index (Phi) is 30.3. The third-order valence-corrected chi connectivity index (χ3v) is 16.9. The number of benzene rings is 3. The summed E-state index contributed by atoms with van der Waals surface area (Å²) in [7, 11) is -21.5. The summed E-state index contributed by atoms with van der Waals surface area (Å²) in [6, 6.07) is 39.1. The van der Waals surface area contributed by atoms with E-state index in [9.17, 15) is 42.1 Å². The molecule has 0 bridgehead atoms. The molecule has 3 aromatic rings. The number of hydrogen-bond acceptors (Lipinski definition) is 26. The number of nitrogens with zero attached hydrogens (tertiary/aromatic N) is 8. The van der Waals surface area contributed by atoms with Crippen molar-refractivity contribution in [2.75, 3.05) is 52.9 Å². The van der Waals surface area contributed by atoms with Crippen LogP contribution in [0.25, 0.3) is 0 Å². The van der Waals surface area contributed by atoms with Crippen LogP contribution < -0.4 is 0 Å². The van der Waals surface area contributed by atoms with Crippen molar-refractivity contribution in [1.29, 1.82) is 42.1 Å². The van der Waals surface area contributed by atoms with Crippen molar-refractivity contribution < 1.29 is 82.0 Å². The molecule has 0 N–H and O–H groups in total. The smallest absolute Gasteiger partial charge is 0.368 e. The maximum absolute atomic E-state index is 15.8. The summed E-state index contributed by atoms with van der Waals surface area (Å²) in [5, 5.41) is 77.0. The number of phosphoric ester groups is 4. The average molecular weight is 1190 g/mol. The Balaban J connectivity index is 2.38. The Morgan fingerprint density at radius 2 is 0.605 bits per heavy atom. The van der Waals surface area contributed by atoms with E-state index >= 15 is 18.3 Å². The SMILES string of the molecule is N#CCCOP(=O)(OCCC#N)OC1[C@H](OCc2ccccc2)[C@@H](OP(=O)(OCCC#N)OCCC#N)C(Cc2ccccc2)(OP(=O)(OCCC#N)OCCC#N)[C@@H](OP(=O)(OCCC#N)OCCC#N)[C@H]1OCc1ccccc1. The third kappa shape index (κ3) is 22.7. The van der Waals surface area contributed by atoms with Gasteiger partial charge in [0.05, 0.1) is 166 Å². The fourth-order valence-electron chi connectivity index (χ4n) is 7.46. The summed E-state index contributed by atoms with van der Waals surface area (Å²) in [4.78, 5) is 0. The number of hydrogen-bond donors (Lipinski definition) is 0. The lowest BCUT2D eigenvalue weighted by molar-refractivity contribution is -0.275. The van der Waals surface area contributed by atoms with Gasteiger partial charge in [0, 0.05) is 6.42 Å². The first-order chi connectivity index (χ1) is 39.2. The van der Waals surface area contributed by atoms with Crippen LogP contribution in [0, 0.1) is 90.6 Å². The average Bonchev–Trinajstić information content (AvgIpc) is 3.65. The zero-order valence-electron chi connectivity index (χ0n) is 43.7. The molecule has 81 heavy (non-hydrogen) atoms. The molecule has 6 atom stereocenters. The molecule has 0 heterocycles. The summed E-state index contributed by atoms with van der Waals surface area (Å²) in [5.41, 5.74) is -1.92. The number of phosphoric acid groups is 4. The second-order valence-corrected chi connectivity index (χ2v) is 23.0. The van der Waals surface area contributed by atoms with Crippen LogP contribution in [0.5, 0.6) is 0 Å². The molecule has 1 aliphatic carbocycles. The van der Waals surface area contributed by atoms with E-state index in [2.05, 4.69) is 0 Å². The number of rotatable bonds is 40. The van der Waals surface area contributed by atoms with Crippen LogP contribution in [0.1, 0.15) is 68.1 Å². The van der Waals surface area contributed by atoms with E-state index in [-0.39, 0.29) is 5.56 Å². The van der Waals surface area contributed by atoms with Gasteiger partial charge in [-0.05, 0) is 16.7 Å². The highest BCUT2D eigenvalue weighted by molar-refractivity contribution is 7.49. The van der Waals surface area contributed by atoms with E-state index in [0.717, 1.165) is 0 Å². The van der Waals surface area contributed by atoms with Gasteiger partial charge in [0.1, 0.15) is 36.1 Å². The lowest BCUT2D eigenvalue weighted by Gasteiger charge is -2.56. The van der Waals surface area contributed by atoms with Crippen molar-refractivity contribution in [2.45, 2.75) is 107 Å². The van der Waals surface area contributed by atoms with Crippen LogP contribution in [0.3, 0.4) is 0 Å². The standard InChI is InChI=1S/C51H58N8O18P4/c52-24-10-32-66-78(60,67-33-11-25-53)74-46-47(64-41-44-20-6-2-7-21-44)49(75-79(61,68-34-12-26-54)69-35-13-27-55)51(40-43-18-4-1-5-19-43,77-81(63,72-38-16-30-58)73-39-17-31-59)50(48(46)65-42-45-22-8-3-9-23-45)76-80(62,70-36-14-28-56)71-37-15-29-57/h1-9,18-23,46-50H,10-17,32-42H2/t46?,47-,48-,49-,50+,51?/m0/s1. The minimum atomic E-state index is -5.46. The van der Waals surface area contributed by atoms with Crippen LogP contribution >= 0.6 is 31.3 Å². The van der Waals surface area contributed by atoms with Crippen LogP contribution in [0.4, 0.5) is 0 Å². The number of nitriles is 8. The van der Waals surface area contributed by atoms with E-state index in [4.69, 9.17) is 63.8 Å². The van der Waals surface area contributed by atoms with Gasteiger partial charge in [0.2, 0.25) is 0 Å². The summed E-state index contributed by atoms with van der Waals surface area (Å²) < 4.78 is 149. The molecule has 1 fully saturated rings. The van der Waals surface area contributed by atoms with Crippen molar-refractivity contribution in [2.24, 2.45) is 0 Å². The van der Waals surface area contributed by atoms with E-state index < -0.39 is 191 Å². The molecule has 4 rings (SSSR count). The topological polar surface area (TPSA) is 388 Å². The Morgan fingerprint density at radius 3 is 0.889 bits per heavy atom. The van der Waals surface area contributed by atoms with E-state index in [1.165, 1.54) is 12.1 Å². The monoisotopic (exact) mass is 1190 g/mol. The maximum Gasteiger partial charge on any atom is 0.475 e. The first-order valence-corrected chi connectivity index (χ1v) is 30.7. The van der Waals surface area contributed by atoms with Crippen molar-refractivity contribution >= 4 is 31.3 Å². The van der Waals surface area contributed by atoms with Gasteiger partial charge >= 0.3 is 31.3 Å². The van der Waals surface area contributed by atoms with Crippen LogP contribution in [0.15, 0.2) is 91.0 Å². The molecule has 26 nitrogen and oxygen atoms in total. The van der Waals surface area contributed by atoms with Gasteiger partial charge in [0.25, 0.3) is 0 Å². The number of ether oxygens (including phenoxy) is 2. The highest BCUT2D eigenvalue weighted by Gasteiger charge is 2.70. The Bertz CT molecular complexity index is 2740. The quantitative estimate of drug-likeness (QED) is 0.0377. The normalized spacial score (nSPS) is 19.0. The summed E-state index contributed by atoms with van der Waals surface area (Å²) in [6.07, 6.45) is -15.4. The minimum Gasteiger partial charge on any atom is -0.368 e. The largest absolute Gasteiger partial charge is 0.475 e. The Morgan fingerprint density at radius 1 is 0.346 bits per heavy atom. The van der Waals surface area contributed by atoms with Gasteiger partial charge in [-0.3, -0.25) is 54.3 Å². The van der Waals surface area contributed by atoms with Crippen LogP contribution in [-0.4, -0.2) is 89.0 Å². The predicted octanol–water partition coefficient (Wildman–Crippen LogP) is 10.2. The van der Waals surface area contributed by atoms with E-state index in [1.807, 2.05) is 48.6 Å². The lowest BCUT2D eigenvalue weighted by Crippen LogP contribution is -2.74.